The number of carbonyl (C=O) groups is 1. The Bertz CT molecular complexity index is 884. The van der Waals surface area contributed by atoms with E-state index in [4.69, 9.17) is 11.6 Å². The van der Waals surface area contributed by atoms with Gasteiger partial charge in [-0.25, -0.2) is 9.97 Å². The number of pyridine rings is 1. The summed E-state index contributed by atoms with van der Waals surface area (Å²) in [5.74, 6) is 0.203. The summed E-state index contributed by atoms with van der Waals surface area (Å²) < 4.78 is 0. The Hall–Kier alpha value is -2.21. The van der Waals surface area contributed by atoms with Crippen molar-refractivity contribution in [2.45, 2.75) is 40.3 Å². The third-order valence-electron chi connectivity index (χ3n) is 5.52. The van der Waals surface area contributed by atoms with Gasteiger partial charge in [-0.3, -0.25) is 9.78 Å². The van der Waals surface area contributed by atoms with Crippen LogP contribution in [0.4, 0.5) is 5.69 Å². The number of aryl methyl sites for hydroxylation is 2. The molecule has 0 radical (unpaired) electrons. The molecule has 7 heteroatoms. The summed E-state index contributed by atoms with van der Waals surface area (Å²) in [6, 6.07) is 0. The molecule has 0 saturated carbocycles. The lowest BCUT2D eigenvalue weighted by atomic mass is 10.1. The van der Waals surface area contributed by atoms with Crippen molar-refractivity contribution in [1.29, 1.82) is 0 Å². The quantitative estimate of drug-likeness (QED) is 0.812. The minimum absolute atomic E-state index is 0.000735. The van der Waals surface area contributed by atoms with E-state index in [9.17, 15) is 4.79 Å². The molecule has 1 amide bonds. The largest absolute Gasteiger partial charge is 0.368 e. The van der Waals surface area contributed by atoms with E-state index in [1.165, 1.54) is 0 Å². The molecule has 26 heavy (non-hydrogen) atoms. The fraction of sp³-hybridized carbons (Fsp3) is 0.474. The molecule has 2 aliphatic rings. The fourth-order valence-corrected chi connectivity index (χ4v) is 4.15. The highest BCUT2D eigenvalue weighted by Gasteiger charge is 2.35. The van der Waals surface area contributed by atoms with Gasteiger partial charge in [-0.1, -0.05) is 11.6 Å². The van der Waals surface area contributed by atoms with Crippen LogP contribution in [0.3, 0.4) is 0 Å². The maximum Gasteiger partial charge on any atom is 0.228 e. The molecule has 1 fully saturated rings. The monoisotopic (exact) mass is 371 g/mol. The minimum atomic E-state index is 0.000735. The zero-order chi connectivity index (χ0) is 18.4. The molecule has 2 aromatic heterocycles. The number of aromatic nitrogens is 3. The van der Waals surface area contributed by atoms with E-state index in [1.807, 2.05) is 31.9 Å². The summed E-state index contributed by atoms with van der Waals surface area (Å²) in [4.78, 5) is 30.2. The number of carbonyl (C=O) groups excluding carboxylic acids is 1. The van der Waals surface area contributed by atoms with E-state index in [0.717, 1.165) is 46.9 Å². The summed E-state index contributed by atoms with van der Waals surface area (Å²) in [5, 5.41) is 0.713. The number of halogens is 1. The van der Waals surface area contributed by atoms with E-state index < -0.39 is 0 Å². The second kappa shape index (κ2) is 6.50. The number of anilines is 1. The van der Waals surface area contributed by atoms with Gasteiger partial charge in [-0.05, 0) is 38.3 Å². The lowest BCUT2D eigenvalue weighted by molar-refractivity contribution is -0.135. The van der Waals surface area contributed by atoms with Crippen LogP contribution in [0, 0.1) is 26.7 Å². The van der Waals surface area contributed by atoms with Crippen LogP contribution < -0.4 is 4.90 Å². The van der Waals surface area contributed by atoms with Crippen molar-refractivity contribution >= 4 is 23.2 Å². The van der Waals surface area contributed by atoms with E-state index in [2.05, 4.69) is 19.9 Å². The second-order valence-electron chi connectivity index (χ2n) is 7.18. The molecule has 0 spiro atoms. The van der Waals surface area contributed by atoms with Gasteiger partial charge >= 0.3 is 0 Å². The highest BCUT2D eigenvalue weighted by atomic mass is 35.5. The highest BCUT2D eigenvalue weighted by molar-refractivity contribution is 6.32. The molecule has 0 aliphatic carbocycles. The van der Waals surface area contributed by atoms with Crippen LogP contribution in [-0.4, -0.2) is 38.8 Å². The van der Waals surface area contributed by atoms with Crippen molar-refractivity contribution in [3.05, 3.63) is 45.8 Å². The standard InChI is InChI=1S/C19H22ClN5O/c1-11-15-8-25(9-16(15)23-13(3)18(11)20)19(26)14-4-5-24(7-14)17-6-21-10-22-12(17)2/h6,10,14H,4-5,7-9H2,1-3H3. The molecule has 6 nitrogen and oxygen atoms in total. The number of rotatable bonds is 2. The van der Waals surface area contributed by atoms with Gasteiger partial charge in [-0.15, -0.1) is 0 Å². The number of fused-ring (bicyclic) bond motifs is 1. The first kappa shape index (κ1) is 17.2. The molecular weight excluding hydrogens is 350 g/mol. The lowest BCUT2D eigenvalue weighted by Crippen LogP contribution is -2.34. The molecule has 2 aliphatic heterocycles. The molecule has 4 rings (SSSR count). The van der Waals surface area contributed by atoms with Gasteiger partial charge in [0.2, 0.25) is 5.91 Å². The van der Waals surface area contributed by atoms with Gasteiger partial charge in [0.05, 0.1) is 46.5 Å². The van der Waals surface area contributed by atoms with Crippen LogP contribution in [-0.2, 0) is 17.9 Å². The van der Waals surface area contributed by atoms with Gasteiger partial charge in [0.25, 0.3) is 0 Å². The number of nitrogens with zero attached hydrogens (tertiary/aromatic N) is 5. The van der Waals surface area contributed by atoms with Crippen LogP contribution in [0.1, 0.15) is 34.6 Å². The molecule has 2 aromatic rings. The Balaban J connectivity index is 1.48. The van der Waals surface area contributed by atoms with Crippen molar-refractivity contribution in [1.82, 2.24) is 19.9 Å². The summed E-state index contributed by atoms with van der Waals surface area (Å²) in [7, 11) is 0. The normalized spacial score (nSPS) is 19.2. The van der Waals surface area contributed by atoms with Gasteiger partial charge in [-0.2, -0.15) is 0 Å². The van der Waals surface area contributed by atoms with E-state index >= 15 is 0 Å². The Morgan fingerprint density at radius 3 is 2.81 bits per heavy atom. The zero-order valence-electron chi connectivity index (χ0n) is 15.3. The molecule has 1 atom stereocenters. The molecule has 0 aromatic carbocycles. The van der Waals surface area contributed by atoms with Crippen LogP contribution >= 0.6 is 11.6 Å². The Morgan fingerprint density at radius 1 is 1.23 bits per heavy atom. The fourth-order valence-electron chi connectivity index (χ4n) is 4.00. The number of hydrogen-bond donors (Lipinski definition) is 0. The van der Waals surface area contributed by atoms with Crippen LogP contribution in [0.25, 0.3) is 0 Å². The number of amides is 1. The van der Waals surface area contributed by atoms with Gasteiger partial charge < -0.3 is 9.80 Å². The van der Waals surface area contributed by atoms with Crippen molar-refractivity contribution in [3.63, 3.8) is 0 Å². The Morgan fingerprint density at radius 2 is 2.04 bits per heavy atom. The smallest absolute Gasteiger partial charge is 0.228 e. The first-order valence-electron chi connectivity index (χ1n) is 8.90. The average molecular weight is 372 g/mol. The zero-order valence-corrected chi connectivity index (χ0v) is 16.0. The van der Waals surface area contributed by atoms with Crippen molar-refractivity contribution in [3.8, 4) is 0 Å². The Kier molecular flexibility index (Phi) is 4.31. The number of hydrogen-bond acceptors (Lipinski definition) is 5. The van der Waals surface area contributed by atoms with Crippen LogP contribution in [0.15, 0.2) is 12.5 Å². The van der Waals surface area contributed by atoms with Gasteiger partial charge in [0.15, 0.2) is 0 Å². The van der Waals surface area contributed by atoms with Gasteiger partial charge in [0, 0.05) is 19.6 Å². The average Bonchev–Trinajstić information content (AvgIpc) is 3.27. The molecule has 1 unspecified atom stereocenters. The maximum absolute atomic E-state index is 13.1. The predicted molar refractivity (Wildman–Crippen MR) is 100 cm³/mol. The molecule has 1 saturated heterocycles. The molecular formula is C19H22ClN5O. The van der Waals surface area contributed by atoms with Crippen molar-refractivity contribution in [2.24, 2.45) is 5.92 Å². The minimum Gasteiger partial charge on any atom is -0.368 e. The lowest BCUT2D eigenvalue weighted by Gasteiger charge is -2.22. The van der Waals surface area contributed by atoms with Gasteiger partial charge in [0.1, 0.15) is 6.33 Å². The third kappa shape index (κ3) is 2.82. The predicted octanol–water partition coefficient (Wildman–Crippen LogP) is 2.82. The van der Waals surface area contributed by atoms with Crippen LogP contribution in [0.2, 0.25) is 5.02 Å². The molecule has 0 bridgehead atoms. The summed E-state index contributed by atoms with van der Waals surface area (Å²) in [6.45, 7) is 8.66. The van der Waals surface area contributed by atoms with Crippen molar-refractivity contribution < 1.29 is 4.79 Å². The third-order valence-corrected chi connectivity index (χ3v) is 6.07. The Labute approximate surface area is 158 Å². The summed E-state index contributed by atoms with van der Waals surface area (Å²) in [5.41, 5.74) is 5.95. The maximum atomic E-state index is 13.1. The first-order valence-corrected chi connectivity index (χ1v) is 9.28. The molecule has 136 valence electrons. The van der Waals surface area contributed by atoms with E-state index in [-0.39, 0.29) is 11.8 Å². The second-order valence-corrected chi connectivity index (χ2v) is 7.56. The van der Waals surface area contributed by atoms with Crippen LogP contribution in [0.5, 0.6) is 0 Å². The molecule has 4 heterocycles. The summed E-state index contributed by atoms with van der Waals surface area (Å²) in [6.07, 6.45) is 4.24. The van der Waals surface area contributed by atoms with E-state index in [1.54, 1.807) is 6.33 Å². The van der Waals surface area contributed by atoms with Crippen molar-refractivity contribution in [2.75, 3.05) is 18.0 Å². The SMILES string of the molecule is Cc1ncncc1N1CCC(C(=O)N2Cc3nc(C)c(Cl)c(C)c3C2)C1. The first-order chi connectivity index (χ1) is 12.5. The molecule has 0 N–H and O–H groups in total. The summed E-state index contributed by atoms with van der Waals surface area (Å²) >= 11 is 6.33. The highest BCUT2D eigenvalue weighted by Crippen LogP contribution is 2.33. The topological polar surface area (TPSA) is 62.2 Å². The van der Waals surface area contributed by atoms with E-state index in [0.29, 0.717) is 24.7 Å².